The molecule has 2 aromatic rings. The second kappa shape index (κ2) is 8.31. The van der Waals surface area contributed by atoms with Crippen molar-refractivity contribution in [1.29, 1.82) is 0 Å². The summed E-state index contributed by atoms with van der Waals surface area (Å²) in [6, 6.07) is 13.5. The largest absolute Gasteiger partial charge is 0.467 e. The van der Waals surface area contributed by atoms with Crippen LogP contribution in [0.2, 0.25) is 5.02 Å². The van der Waals surface area contributed by atoms with Crippen molar-refractivity contribution in [2.45, 2.75) is 12.5 Å². The third-order valence-corrected chi connectivity index (χ3v) is 4.22. The van der Waals surface area contributed by atoms with E-state index in [1.165, 1.54) is 7.11 Å². The van der Waals surface area contributed by atoms with Crippen molar-refractivity contribution in [2.24, 2.45) is 0 Å². The van der Waals surface area contributed by atoms with Crippen LogP contribution in [-0.2, 0) is 16.0 Å². The molecule has 6 heteroatoms. The Kier molecular flexibility index (Phi) is 6.41. The number of nitrogens with one attached hydrogen (secondary N) is 1. The third kappa shape index (κ3) is 5.21. The van der Waals surface area contributed by atoms with Crippen molar-refractivity contribution in [3.05, 3.63) is 68.3 Å². The van der Waals surface area contributed by atoms with E-state index in [2.05, 4.69) is 27.9 Å². The highest BCUT2D eigenvalue weighted by Gasteiger charge is 2.22. The molecule has 0 aromatic heterocycles. The number of carbonyl (C=O) groups is 2. The molecule has 0 aliphatic rings. The molecule has 1 atom stereocenters. The summed E-state index contributed by atoms with van der Waals surface area (Å²) in [6.07, 6.45) is 0.364. The highest BCUT2D eigenvalue weighted by atomic mass is 127. The van der Waals surface area contributed by atoms with Gasteiger partial charge >= 0.3 is 5.97 Å². The summed E-state index contributed by atoms with van der Waals surface area (Å²) >= 11 is 8.02. The zero-order chi connectivity index (χ0) is 16.8. The molecule has 0 heterocycles. The number of esters is 1. The van der Waals surface area contributed by atoms with Crippen LogP contribution in [-0.4, -0.2) is 25.0 Å². The number of ether oxygens (including phenoxy) is 1. The molecule has 1 amide bonds. The Morgan fingerprint density at radius 3 is 2.30 bits per heavy atom. The molecule has 0 radical (unpaired) electrons. The number of amides is 1. The number of hydrogen-bond acceptors (Lipinski definition) is 3. The van der Waals surface area contributed by atoms with Gasteiger partial charge in [0.1, 0.15) is 6.04 Å². The first kappa shape index (κ1) is 17.7. The minimum Gasteiger partial charge on any atom is -0.467 e. The van der Waals surface area contributed by atoms with Gasteiger partial charge in [-0.3, -0.25) is 4.79 Å². The van der Waals surface area contributed by atoms with Crippen molar-refractivity contribution in [3.8, 4) is 0 Å². The van der Waals surface area contributed by atoms with Crippen molar-refractivity contribution in [1.82, 2.24) is 5.32 Å². The average molecular weight is 444 g/mol. The first-order valence-electron chi connectivity index (χ1n) is 6.88. The molecule has 23 heavy (non-hydrogen) atoms. The van der Waals surface area contributed by atoms with E-state index in [1.807, 2.05) is 24.3 Å². The predicted octanol–water partition coefficient (Wildman–Crippen LogP) is 3.46. The lowest BCUT2D eigenvalue weighted by Gasteiger charge is -2.17. The van der Waals surface area contributed by atoms with E-state index in [1.54, 1.807) is 24.3 Å². The predicted molar refractivity (Wildman–Crippen MR) is 97.6 cm³/mol. The van der Waals surface area contributed by atoms with Gasteiger partial charge in [0.05, 0.1) is 7.11 Å². The third-order valence-electron chi connectivity index (χ3n) is 3.25. The maximum absolute atomic E-state index is 12.3. The number of carbonyl (C=O) groups excluding carboxylic acids is 2. The monoisotopic (exact) mass is 443 g/mol. The van der Waals surface area contributed by atoms with E-state index in [0.29, 0.717) is 17.0 Å². The molecule has 4 nitrogen and oxygen atoms in total. The van der Waals surface area contributed by atoms with Crippen LogP contribution in [0.15, 0.2) is 48.5 Å². The van der Waals surface area contributed by atoms with Crippen molar-refractivity contribution in [2.75, 3.05) is 7.11 Å². The van der Waals surface area contributed by atoms with Crippen LogP contribution in [0.4, 0.5) is 0 Å². The smallest absolute Gasteiger partial charge is 0.328 e. The fraction of sp³-hybridized carbons (Fsp3) is 0.176. The molecule has 0 aliphatic heterocycles. The van der Waals surface area contributed by atoms with Gasteiger partial charge in [0.25, 0.3) is 5.91 Å². The lowest BCUT2D eigenvalue weighted by molar-refractivity contribution is -0.142. The number of methoxy groups -OCH3 is 1. The first-order chi connectivity index (χ1) is 11.0. The lowest BCUT2D eigenvalue weighted by atomic mass is 10.1. The van der Waals surface area contributed by atoms with E-state index in [9.17, 15) is 9.59 Å². The summed E-state index contributed by atoms with van der Waals surface area (Å²) in [5.74, 6) is -0.826. The molecule has 0 bridgehead atoms. The normalized spacial score (nSPS) is 11.6. The van der Waals surface area contributed by atoms with E-state index >= 15 is 0 Å². The van der Waals surface area contributed by atoms with Gasteiger partial charge in [0.15, 0.2) is 0 Å². The van der Waals surface area contributed by atoms with Gasteiger partial charge in [0.2, 0.25) is 0 Å². The molecule has 1 N–H and O–H groups in total. The van der Waals surface area contributed by atoms with Gasteiger partial charge in [-0.05, 0) is 64.6 Å². The number of rotatable bonds is 5. The van der Waals surface area contributed by atoms with Gasteiger partial charge in [-0.2, -0.15) is 0 Å². The average Bonchev–Trinajstić information content (AvgIpc) is 2.56. The van der Waals surface area contributed by atoms with Gasteiger partial charge < -0.3 is 10.1 Å². The Morgan fingerprint density at radius 2 is 1.74 bits per heavy atom. The van der Waals surface area contributed by atoms with Crippen molar-refractivity contribution < 1.29 is 14.3 Å². The molecule has 0 aliphatic carbocycles. The minimum absolute atomic E-state index is 0.345. The van der Waals surface area contributed by atoms with Crippen molar-refractivity contribution in [3.63, 3.8) is 0 Å². The molecule has 0 saturated heterocycles. The Bertz CT molecular complexity index is 686. The fourth-order valence-electron chi connectivity index (χ4n) is 2.03. The van der Waals surface area contributed by atoms with Gasteiger partial charge in [-0.15, -0.1) is 0 Å². The lowest BCUT2D eigenvalue weighted by Crippen LogP contribution is -2.43. The number of halogens is 2. The molecule has 0 spiro atoms. The molecular weight excluding hydrogens is 429 g/mol. The van der Waals surface area contributed by atoms with Crippen LogP contribution in [0.25, 0.3) is 0 Å². The molecule has 2 rings (SSSR count). The van der Waals surface area contributed by atoms with Gasteiger partial charge in [-0.25, -0.2) is 4.79 Å². The Labute approximate surface area is 153 Å². The first-order valence-corrected chi connectivity index (χ1v) is 8.34. The Balaban J connectivity index is 2.12. The van der Waals surface area contributed by atoms with E-state index < -0.39 is 12.0 Å². The molecule has 2 aromatic carbocycles. The minimum atomic E-state index is -0.747. The topological polar surface area (TPSA) is 55.4 Å². The van der Waals surface area contributed by atoms with E-state index in [0.717, 1.165) is 9.13 Å². The quantitative estimate of drug-likeness (QED) is 0.569. The highest BCUT2D eigenvalue weighted by Crippen LogP contribution is 2.12. The molecule has 0 unspecified atom stereocenters. The summed E-state index contributed by atoms with van der Waals surface area (Å²) in [4.78, 5) is 24.2. The van der Waals surface area contributed by atoms with Crippen molar-refractivity contribution >= 4 is 46.1 Å². The zero-order valence-corrected chi connectivity index (χ0v) is 15.3. The zero-order valence-electron chi connectivity index (χ0n) is 12.4. The second-order valence-electron chi connectivity index (χ2n) is 4.89. The number of hydrogen-bond donors (Lipinski definition) is 1. The van der Waals surface area contributed by atoms with Crippen LogP contribution < -0.4 is 5.32 Å². The SMILES string of the molecule is COC(=O)[C@@H](Cc1ccc(I)cc1)NC(=O)c1ccc(Cl)cc1. The molecular formula is C17H15ClINO3. The van der Waals surface area contributed by atoms with Crippen LogP contribution in [0, 0.1) is 3.57 Å². The fourth-order valence-corrected chi connectivity index (χ4v) is 2.52. The van der Waals surface area contributed by atoms with Gasteiger partial charge in [0, 0.05) is 20.6 Å². The molecule has 0 fully saturated rings. The maximum Gasteiger partial charge on any atom is 0.328 e. The van der Waals surface area contributed by atoms with Crippen LogP contribution in [0.1, 0.15) is 15.9 Å². The highest BCUT2D eigenvalue weighted by molar-refractivity contribution is 14.1. The molecule has 120 valence electrons. The number of benzene rings is 2. The van der Waals surface area contributed by atoms with E-state index in [-0.39, 0.29) is 5.91 Å². The Hall–Kier alpha value is -1.60. The summed E-state index contributed by atoms with van der Waals surface area (Å²) in [7, 11) is 1.30. The second-order valence-corrected chi connectivity index (χ2v) is 6.57. The molecule has 0 saturated carbocycles. The standard InChI is InChI=1S/C17H15ClINO3/c1-23-17(22)15(10-11-2-8-14(19)9-3-11)20-16(21)12-4-6-13(18)7-5-12/h2-9,15H,10H2,1H3,(H,20,21)/t15-/m1/s1. The van der Waals surface area contributed by atoms with Gasteiger partial charge in [-0.1, -0.05) is 23.7 Å². The summed E-state index contributed by atoms with van der Waals surface area (Å²) < 4.78 is 5.89. The summed E-state index contributed by atoms with van der Waals surface area (Å²) in [6.45, 7) is 0. The van der Waals surface area contributed by atoms with Crippen LogP contribution in [0.5, 0.6) is 0 Å². The summed E-state index contributed by atoms with van der Waals surface area (Å²) in [5, 5.41) is 3.25. The summed E-state index contributed by atoms with van der Waals surface area (Å²) in [5.41, 5.74) is 1.38. The Morgan fingerprint density at radius 1 is 1.13 bits per heavy atom. The maximum atomic E-state index is 12.3. The van der Waals surface area contributed by atoms with E-state index in [4.69, 9.17) is 16.3 Å². The van der Waals surface area contributed by atoms with Crippen LogP contribution >= 0.6 is 34.2 Å². The van der Waals surface area contributed by atoms with Crippen LogP contribution in [0.3, 0.4) is 0 Å².